The number of amides is 4. The molecule has 0 aliphatic carbocycles. The van der Waals surface area contributed by atoms with Crippen molar-refractivity contribution in [3.05, 3.63) is 65.2 Å². The molecule has 2 aliphatic rings. The Morgan fingerprint density at radius 3 is 2.38 bits per heavy atom. The summed E-state index contributed by atoms with van der Waals surface area (Å²) < 4.78 is 5.37. The number of morpholine rings is 1. The fourth-order valence-corrected chi connectivity index (χ4v) is 5.14. The van der Waals surface area contributed by atoms with Crippen molar-refractivity contribution in [3.8, 4) is 0 Å². The van der Waals surface area contributed by atoms with Gasteiger partial charge in [-0.25, -0.2) is 4.90 Å². The van der Waals surface area contributed by atoms with E-state index in [0.717, 1.165) is 24.5 Å². The zero-order valence-corrected chi connectivity index (χ0v) is 22.3. The second-order valence-corrected chi connectivity index (χ2v) is 9.83. The molecule has 202 valence electrons. The van der Waals surface area contributed by atoms with Crippen LogP contribution >= 0.6 is 0 Å². The number of anilines is 3. The van der Waals surface area contributed by atoms with Crippen molar-refractivity contribution in [2.45, 2.75) is 0 Å². The maximum absolute atomic E-state index is 13.7. The van der Waals surface area contributed by atoms with Gasteiger partial charge in [-0.3, -0.25) is 24.1 Å². The Hall–Kier alpha value is -4.28. The summed E-state index contributed by atoms with van der Waals surface area (Å²) in [6, 6.07) is 13.5. The first kappa shape index (κ1) is 26.3. The Kier molecular flexibility index (Phi) is 7.32. The van der Waals surface area contributed by atoms with Gasteiger partial charge in [-0.05, 0) is 41.8 Å². The zero-order valence-electron chi connectivity index (χ0n) is 22.3. The number of nitrogens with one attached hydrogen (secondary N) is 1. The van der Waals surface area contributed by atoms with Crippen LogP contribution < -0.4 is 20.0 Å². The van der Waals surface area contributed by atoms with Crippen LogP contribution in [0, 0.1) is 0 Å². The van der Waals surface area contributed by atoms with Gasteiger partial charge in [0.15, 0.2) is 0 Å². The molecule has 0 radical (unpaired) electrons. The minimum absolute atomic E-state index is 0.250. The highest BCUT2D eigenvalue weighted by Gasteiger charge is 2.35. The van der Waals surface area contributed by atoms with Crippen LogP contribution in [0.5, 0.6) is 0 Å². The molecule has 0 atom stereocenters. The predicted octanol–water partition coefficient (Wildman–Crippen LogP) is 2.36. The van der Waals surface area contributed by atoms with Gasteiger partial charge in [-0.2, -0.15) is 0 Å². The van der Waals surface area contributed by atoms with Gasteiger partial charge in [-0.1, -0.05) is 12.1 Å². The lowest BCUT2D eigenvalue weighted by molar-refractivity contribution is -0.107. The fourth-order valence-electron chi connectivity index (χ4n) is 5.14. The predicted molar refractivity (Wildman–Crippen MR) is 150 cm³/mol. The van der Waals surface area contributed by atoms with Gasteiger partial charge in [0.1, 0.15) is 0 Å². The molecule has 0 unspecified atom stereocenters. The van der Waals surface area contributed by atoms with E-state index < -0.39 is 11.8 Å². The SMILES string of the molecule is CN(C)c1cc(N2C(=O)c3cccc4c(C(=O)NCCN5CCOCC5)ccc(c34)C2=O)ccc1N(C)C=O. The lowest BCUT2D eigenvalue weighted by Gasteiger charge is -2.29. The number of rotatable bonds is 8. The van der Waals surface area contributed by atoms with Crippen molar-refractivity contribution in [1.29, 1.82) is 0 Å². The molecule has 0 saturated carbocycles. The number of imide groups is 1. The molecule has 0 bridgehead atoms. The first-order valence-electron chi connectivity index (χ1n) is 12.8. The summed E-state index contributed by atoms with van der Waals surface area (Å²) in [6.45, 7) is 4.26. The van der Waals surface area contributed by atoms with Gasteiger partial charge in [0.2, 0.25) is 6.41 Å². The summed E-state index contributed by atoms with van der Waals surface area (Å²) in [5, 5.41) is 4.01. The number of carbonyl (C=O) groups is 4. The molecule has 39 heavy (non-hydrogen) atoms. The minimum Gasteiger partial charge on any atom is -0.379 e. The van der Waals surface area contributed by atoms with Gasteiger partial charge in [-0.15, -0.1) is 0 Å². The molecule has 10 heteroatoms. The fraction of sp³-hybridized carbons (Fsp3) is 0.310. The Bertz CT molecular complexity index is 1440. The van der Waals surface area contributed by atoms with Crippen molar-refractivity contribution in [2.75, 3.05) is 75.2 Å². The topological polar surface area (TPSA) is 102 Å². The molecule has 10 nitrogen and oxygen atoms in total. The Morgan fingerprint density at radius 2 is 1.69 bits per heavy atom. The Balaban J connectivity index is 1.46. The first-order valence-corrected chi connectivity index (χ1v) is 12.8. The van der Waals surface area contributed by atoms with Crippen molar-refractivity contribution in [3.63, 3.8) is 0 Å². The van der Waals surface area contributed by atoms with Gasteiger partial charge < -0.3 is 19.9 Å². The molecular weight excluding hydrogens is 498 g/mol. The van der Waals surface area contributed by atoms with E-state index in [4.69, 9.17) is 4.74 Å². The van der Waals surface area contributed by atoms with Crippen LogP contribution in [-0.4, -0.2) is 89.6 Å². The van der Waals surface area contributed by atoms with Crippen molar-refractivity contribution in [1.82, 2.24) is 10.2 Å². The maximum Gasteiger partial charge on any atom is 0.265 e. The average Bonchev–Trinajstić information content (AvgIpc) is 2.95. The van der Waals surface area contributed by atoms with Crippen molar-refractivity contribution >= 4 is 52.0 Å². The molecule has 0 spiro atoms. The second-order valence-electron chi connectivity index (χ2n) is 9.83. The minimum atomic E-state index is -0.468. The largest absolute Gasteiger partial charge is 0.379 e. The third kappa shape index (κ3) is 4.84. The molecule has 1 N–H and O–H groups in total. The monoisotopic (exact) mass is 529 g/mol. The van der Waals surface area contributed by atoms with Crippen LogP contribution in [0.2, 0.25) is 0 Å². The van der Waals surface area contributed by atoms with Crippen LogP contribution in [0.1, 0.15) is 31.1 Å². The van der Waals surface area contributed by atoms with E-state index in [1.165, 1.54) is 4.90 Å². The Labute approximate surface area is 226 Å². The Morgan fingerprint density at radius 1 is 0.974 bits per heavy atom. The van der Waals surface area contributed by atoms with Crippen LogP contribution in [0.15, 0.2) is 48.5 Å². The summed E-state index contributed by atoms with van der Waals surface area (Å²) in [5.41, 5.74) is 2.83. The highest BCUT2D eigenvalue weighted by Crippen LogP contribution is 2.37. The molecule has 2 aliphatic heterocycles. The number of hydrogen-bond acceptors (Lipinski definition) is 7. The smallest absolute Gasteiger partial charge is 0.265 e. The van der Waals surface area contributed by atoms with Crippen LogP contribution in [0.4, 0.5) is 17.1 Å². The molecule has 3 aromatic carbocycles. The molecule has 0 aromatic heterocycles. The zero-order chi connectivity index (χ0) is 27.7. The maximum atomic E-state index is 13.7. The number of benzene rings is 3. The summed E-state index contributed by atoms with van der Waals surface area (Å²) >= 11 is 0. The van der Waals surface area contributed by atoms with Crippen LogP contribution in [0.25, 0.3) is 10.8 Å². The quantitative estimate of drug-likeness (QED) is 0.353. The van der Waals surface area contributed by atoms with Gasteiger partial charge in [0, 0.05) is 69.4 Å². The normalized spacial score (nSPS) is 15.4. The van der Waals surface area contributed by atoms with E-state index in [9.17, 15) is 19.2 Å². The summed E-state index contributed by atoms with van der Waals surface area (Å²) in [6.07, 6.45) is 0.701. The second kappa shape index (κ2) is 10.8. The van der Waals surface area contributed by atoms with Gasteiger partial charge >= 0.3 is 0 Å². The molecule has 4 amide bonds. The van der Waals surface area contributed by atoms with E-state index in [0.29, 0.717) is 70.7 Å². The highest BCUT2D eigenvalue weighted by atomic mass is 16.5. The standard InChI is InChI=1S/C29H31N5O5/c1-31(2)25-17-19(7-10-24(25)32(3)18-35)34-28(37)22-6-4-5-20-21(8-9-23(26(20)22)29(34)38)27(36)30-11-12-33-13-15-39-16-14-33/h4-10,17-18H,11-16H2,1-3H3,(H,30,36). The molecule has 5 rings (SSSR count). The van der Waals surface area contributed by atoms with Gasteiger partial charge in [0.25, 0.3) is 17.7 Å². The number of nitrogens with zero attached hydrogens (tertiary/aromatic N) is 4. The molecule has 3 aromatic rings. The first-order chi connectivity index (χ1) is 18.8. The number of ether oxygens (including phenoxy) is 1. The number of carbonyl (C=O) groups excluding carboxylic acids is 4. The van der Waals surface area contributed by atoms with E-state index in [1.54, 1.807) is 55.6 Å². The summed E-state index contributed by atoms with van der Waals surface area (Å²) in [5.74, 6) is -1.19. The molecular formula is C29H31N5O5. The third-order valence-corrected chi connectivity index (χ3v) is 7.21. The van der Waals surface area contributed by atoms with E-state index in [-0.39, 0.29) is 5.91 Å². The molecule has 2 heterocycles. The summed E-state index contributed by atoms with van der Waals surface area (Å²) in [7, 11) is 5.29. The lowest BCUT2D eigenvalue weighted by Crippen LogP contribution is -2.41. The lowest BCUT2D eigenvalue weighted by atomic mass is 9.90. The highest BCUT2D eigenvalue weighted by molar-refractivity contribution is 6.36. The molecule has 1 fully saturated rings. The van der Waals surface area contributed by atoms with Crippen LogP contribution in [0.3, 0.4) is 0 Å². The molecule has 1 saturated heterocycles. The van der Waals surface area contributed by atoms with E-state index in [1.807, 2.05) is 19.0 Å². The van der Waals surface area contributed by atoms with E-state index in [2.05, 4.69) is 10.2 Å². The van der Waals surface area contributed by atoms with Crippen LogP contribution in [-0.2, 0) is 9.53 Å². The average molecular weight is 530 g/mol. The third-order valence-electron chi connectivity index (χ3n) is 7.21. The summed E-state index contributed by atoms with van der Waals surface area (Å²) in [4.78, 5) is 58.5. The van der Waals surface area contributed by atoms with Gasteiger partial charge in [0.05, 0.1) is 30.3 Å². The van der Waals surface area contributed by atoms with Crippen molar-refractivity contribution < 1.29 is 23.9 Å². The number of hydrogen-bond donors (Lipinski definition) is 1. The van der Waals surface area contributed by atoms with E-state index >= 15 is 0 Å². The van der Waals surface area contributed by atoms with Crippen molar-refractivity contribution in [2.24, 2.45) is 0 Å².